The molecule has 3 aromatic rings. The summed E-state index contributed by atoms with van der Waals surface area (Å²) in [5, 5.41) is 18.9. The summed E-state index contributed by atoms with van der Waals surface area (Å²) >= 11 is 1.52. The van der Waals surface area contributed by atoms with E-state index >= 15 is 0 Å². The smallest absolute Gasteiger partial charge is 0.272 e. The molecule has 0 aliphatic carbocycles. The molecule has 120 valence electrons. The van der Waals surface area contributed by atoms with Gasteiger partial charge in [-0.1, -0.05) is 0 Å². The Kier molecular flexibility index (Phi) is 4.35. The molecule has 0 saturated carbocycles. The number of aliphatic hydroxyl groups is 1. The lowest BCUT2D eigenvalue weighted by atomic mass is 10.2. The first-order chi connectivity index (χ1) is 11.1. The van der Waals surface area contributed by atoms with Gasteiger partial charge in [-0.15, -0.1) is 11.3 Å². The summed E-state index contributed by atoms with van der Waals surface area (Å²) in [5.41, 5.74) is 2.70. The van der Waals surface area contributed by atoms with E-state index in [0.717, 1.165) is 16.3 Å². The molecule has 0 fully saturated rings. The second-order valence-electron chi connectivity index (χ2n) is 5.29. The predicted octanol–water partition coefficient (Wildman–Crippen LogP) is 1.52. The number of aliphatic hydroxyl groups excluding tert-OH is 1. The van der Waals surface area contributed by atoms with Crippen LogP contribution in [0.5, 0.6) is 0 Å². The quantitative estimate of drug-likeness (QED) is 0.739. The molecule has 0 spiro atoms. The molecule has 23 heavy (non-hydrogen) atoms. The number of carbonyl (C=O) groups excluding carboxylic acids is 1. The number of hydrogen-bond donors (Lipinski definition) is 2. The molecule has 8 heteroatoms. The molecule has 0 bridgehead atoms. The second-order valence-corrected chi connectivity index (χ2v) is 6.18. The lowest BCUT2D eigenvalue weighted by Crippen LogP contribution is -2.27. The monoisotopic (exact) mass is 331 g/mol. The van der Waals surface area contributed by atoms with Crippen molar-refractivity contribution in [2.75, 3.05) is 6.61 Å². The van der Waals surface area contributed by atoms with Crippen LogP contribution in [0.2, 0.25) is 0 Å². The molecule has 0 aliphatic heterocycles. The maximum absolute atomic E-state index is 12.3. The molecule has 3 rings (SSSR count). The van der Waals surface area contributed by atoms with Crippen LogP contribution in [0.4, 0.5) is 0 Å². The van der Waals surface area contributed by atoms with E-state index in [4.69, 9.17) is 5.11 Å². The average Bonchev–Trinajstić information content (AvgIpc) is 3.13. The number of aromatic nitrogens is 4. The van der Waals surface area contributed by atoms with E-state index in [1.165, 1.54) is 11.3 Å². The molecule has 0 radical (unpaired) electrons. The van der Waals surface area contributed by atoms with Gasteiger partial charge < -0.3 is 10.4 Å². The van der Waals surface area contributed by atoms with E-state index in [1.54, 1.807) is 23.0 Å². The first-order valence-electron chi connectivity index (χ1n) is 7.25. The summed E-state index contributed by atoms with van der Waals surface area (Å²) in [5.74, 6) is -0.264. The maximum atomic E-state index is 12.3. The van der Waals surface area contributed by atoms with Crippen LogP contribution in [0.15, 0.2) is 23.8 Å². The normalized spacial score (nSPS) is 12.5. The summed E-state index contributed by atoms with van der Waals surface area (Å²) in [6, 6.07) is 1.46. The maximum Gasteiger partial charge on any atom is 0.272 e. The Bertz CT molecular complexity index is 841. The van der Waals surface area contributed by atoms with Gasteiger partial charge in [0, 0.05) is 36.1 Å². The Morgan fingerprint density at radius 1 is 1.52 bits per heavy atom. The Morgan fingerprint density at radius 2 is 2.35 bits per heavy atom. The fourth-order valence-electron chi connectivity index (χ4n) is 2.19. The van der Waals surface area contributed by atoms with Crippen LogP contribution < -0.4 is 5.32 Å². The van der Waals surface area contributed by atoms with Crippen LogP contribution in [0, 0.1) is 6.92 Å². The van der Waals surface area contributed by atoms with E-state index in [0.29, 0.717) is 17.8 Å². The number of thiazole rings is 1. The molecular formula is C15H17N5O2S. The predicted molar refractivity (Wildman–Crippen MR) is 86.5 cm³/mol. The molecule has 1 atom stereocenters. The molecule has 2 N–H and O–H groups in total. The van der Waals surface area contributed by atoms with Crippen molar-refractivity contribution in [3.05, 3.63) is 45.8 Å². The number of rotatable bonds is 5. The number of aryl methyl sites for hydroxylation is 1. The summed E-state index contributed by atoms with van der Waals surface area (Å²) in [4.78, 5) is 21.0. The summed E-state index contributed by atoms with van der Waals surface area (Å²) in [7, 11) is 0. The Hall–Kier alpha value is -2.32. The first kappa shape index (κ1) is 15.6. The van der Waals surface area contributed by atoms with Gasteiger partial charge in [-0.3, -0.25) is 4.79 Å². The number of nitrogens with one attached hydrogen (secondary N) is 1. The Labute approximate surface area is 137 Å². The molecule has 0 saturated heterocycles. The minimum absolute atomic E-state index is 0.0482. The van der Waals surface area contributed by atoms with Crippen molar-refractivity contribution in [2.45, 2.75) is 26.3 Å². The van der Waals surface area contributed by atoms with Crippen molar-refractivity contribution in [3.63, 3.8) is 0 Å². The highest BCUT2D eigenvalue weighted by atomic mass is 32.1. The van der Waals surface area contributed by atoms with Crippen molar-refractivity contribution in [1.82, 2.24) is 24.9 Å². The largest absolute Gasteiger partial charge is 0.396 e. The molecule has 0 aliphatic rings. The Balaban J connectivity index is 1.77. The van der Waals surface area contributed by atoms with E-state index in [9.17, 15) is 4.79 Å². The zero-order chi connectivity index (χ0) is 16.4. The third kappa shape index (κ3) is 3.38. The summed E-state index contributed by atoms with van der Waals surface area (Å²) in [6.45, 7) is 3.86. The fraction of sp³-hybridized carbons (Fsp3) is 0.333. The zero-order valence-electron chi connectivity index (χ0n) is 12.9. The third-order valence-electron chi connectivity index (χ3n) is 3.35. The highest BCUT2D eigenvalue weighted by Crippen LogP contribution is 2.18. The van der Waals surface area contributed by atoms with Crippen LogP contribution in [0.1, 0.15) is 39.7 Å². The minimum atomic E-state index is -0.264. The van der Waals surface area contributed by atoms with Crippen LogP contribution in [0.3, 0.4) is 0 Å². The van der Waals surface area contributed by atoms with E-state index in [-0.39, 0.29) is 18.6 Å². The van der Waals surface area contributed by atoms with Crippen molar-refractivity contribution < 1.29 is 9.90 Å². The van der Waals surface area contributed by atoms with Crippen molar-refractivity contribution in [3.8, 4) is 0 Å². The average molecular weight is 331 g/mol. The molecule has 7 nitrogen and oxygen atoms in total. The van der Waals surface area contributed by atoms with Gasteiger partial charge in [0.15, 0.2) is 11.3 Å². The van der Waals surface area contributed by atoms with Gasteiger partial charge >= 0.3 is 0 Å². The molecule has 0 unspecified atom stereocenters. The minimum Gasteiger partial charge on any atom is -0.396 e. The third-order valence-corrected chi connectivity index (χ3v) is 4.50. The van der Waals surface area contributed by atoms with Gasteiger partial charge in [0.2, 0.25) is 0 Å². The summed E-state index contributed by atoms with van der Waals surface area (Å²) in [6.07, 6.45) is 3.95. The lowest BCUT2D eigenvalue weighted by molar-refractivity contribution is 0.0934. The molecule has 3 aromatic heterocycles. The van der Waals surface area contributed by atoms with Gasteiger partial charge in [-0.25, -0.2) is 14.5 Å². The van der Waals surface area contributed by atoms with Gasteiger partial charge in [0.25, 0.3) is 5.91 Å². The Morgan fingerprint density at radius 3 is 3.04 bits per heavy atom. The number of nitrogens with zero attached hydrogens (tertiary/aromatic N) is 4. The van der Waals surface area contributed by atoms with Crippen LogP contribution in [-0.4, -0.2) is 37.2 Å². The highest BCUT2D eigenvalue weighted by molar-refractivity contribution is 7.09. The molecule has 1 amide bonds. The number of carbonyl (C=O) groups is 1. The van der Waals surface area contributed by atoms with Crippen LogP contribution >= 0.6 is 11.3 Å². The van der Waals surface area contributed by atoms with Gasteiger partial charge in [0.05, 0.1) is 6.04 Å². The molecular weight excluding hydrogens is 314 g/mol. The molecule has 0 aromatic carbocycles. The van der Waals surface area contributed by atoms with Crippen molar-refractivity contribution in [1.29, 1.82) is 0 Å². The highest BCUT2D eigenvalue weighted by Gasteiger charge is 2.17. The second kappa shape index (κ2) is 6.43. The zero-order valence-corrected chi connectivity index (χ0v) is 13.7. The van der Waals surface area contributed by atoms with E-state index in [1.807, 2.05) is 19.2 Å². The molecule has 3 heterocycles. The first-order valence-corrected chi connectivity index (χ1v) is 8.13. The topological polar surface area (TPSA) is 92.4 Å². The van der Waals surface area contributed by atoms with Gasteiger partial charge in [-0.2, -0.15) is 5.10 Å². The van der Waals surface area contributed by atoms with Crippen molar-refractivity contribution >= 4 is 22.9 Å². The fourth-order valence-corrected chi connectivity index (χ4v) is 2.99. The SMILES string of the molecule is Cc1csc([C@H](C)NC(=O)c2cc3ncc(CCO)cn3n2)n1. The number of fused-ring (bicyclic) bond motifs is 1. The number of hydrogen-bond acceptors (Lipinski definition) is 6. The van der Waals surface area contributed by atoms with Crippen LogP contribution in [-0.2, 0) is 6.42 Å². The van der Waals surface area contributed by atoms with Gasteiger partial charge in [0.1, 0.15) is 5.01 Å². The van der Waals surface area contributed by atoms with Crippen molar-refractivity contribution in [2.24, 2.45) is 0 Å². The lowest BCUT2D eigenvalue weighted by Gasteiger charge is -2.09. The number of amides is 1. The van der Waals surface area contributed by atoms with Gasteiger partial charge in [-0.05, 0) is 25.8 Å². The summed E-state index contributed by atoms with van der Waals surface area (Å²) < 4.78 is 1.55. The van der Waals surface area contributed by atoms with Crippen LogP contribution in [0.25, 0.3) is 5.65 Å². The van der Waals surface area contributed by atoms with E-state index < -0.39 is 0 Å². The standard InChI is InChI=1S/C15H17N5O2S/c1-9-8-23-15(17-9)10(2)18-14(22)12-5-13-16-6-11(3-4-21)7-20(13)19-12/h5-8,10,21H,3-4H2,1-2H3,(H,18,22)/t10-/m0/s1. The van der Waals surface area contributed by atoms with E-state index in [2.05, 4.69) is 20.4 Å².